The minimum atomic E-state index is -0.235. The van der Waals surface area contributed by atoms with Gasteiger partial charge in [-0.1, -0.05) is 20.3 Å². The minimum absolute atomic E-state index is 0.235. The topological polar surface area (TPSA) is 35.5 Å². The molecule has 3 nitrogen and oxygen atoms in total. The molecule has 0 spiro atoms. The molecule has 0 aromatic rings. The predicted octanol–water partition coefficient (Wildman–Crippen LogP) is 1.81. The van der Waals surface area contributed by atoms with Crippen molar-refractivity contribution in [3.63, 3.8) is 0 Å². The first-order chi connectivity index (χ1) is 8.24. The summed E-state index contributed by atoms with van der Waals surface area (Å²) in [6.45, 7) is 8.84. The third-order valence-electron chi connectivity index (χ3n) is 2.95. The molecule has 1 atom stereocenters. The molecular weight excluding hydrogens is 232 g/mol. The maximum Gasteiger partial charge on any atom is 0.0791 e. The molecule has 0 aliphatic rings. The quantitative estimate of drug-likeness (QED) is 0.526. The SMILES string of the molecule is CCN(CC)CC(O)CNCCCCCSC. The second-order valence-electron chi connectivity index (χ2n) is 4.40. The fourth-order valence-electron chi connectivity index (χ4n) is 1.79. The summed E-state index contributed by atoms with van der Waals surface area (Å²) in [5, 5.41) is 13.1. The highest BCUT2D eigenvalue weighted by Gasteiger charge is 2.07. The Labute approximate surface area is 111 Å². The zero-order valence-electron chi connectivity index (χ0n) is 11.7. The lowest BCUT2D eigenvalue weighted by molar-refractivity contribution is 0.117. The molecule has 0 aromatic heterocycles. The molecule has 0 aliphatic heterocycles. The Morgan fingerprint density at radius 3 is 2.47 bits per heavy atom. The van der Waals surface area contributed by atoms with Gasteiger partial charge in [-0.3, -0.25) is 0 Å². The van der Waals surface area contributed by atoms with Crippen LogP contribution in [0.3, 0.4) is 0 Å². The summed E-state index contributed by atoms with van der Waals surface area (Å²) in [6, 6.07) is 0. The number of thioether (sulfide) groups is 1. The lowest BCUT2D eigenvalue weighted by atomic mass is 10.2. The van der Waals surface area contributed by atoms with Crippen LogP contribution in [0.2, 0.25) is 0 Å². The van der Waals surface area contributed by atoms with Crippen LogP contribution < -0.4 is 5.32 Å². The Balaban J connectivity index is 3.29. The molecule has 1 unspecified atom stereocenters. The van der Waals surface area contributed by atoms with Gasteiger partial charge in [0.25, 0.3) is 0 Å². The summed E-state index contributed by atoms with van der Waals surface area (Å²) in [5.74, 6) is 1.27. The molecule has 0 rings (SSSR count). The van der Waals surface area contributed by atoms with Crippen molar-refractivity contribution in [3.05, 3.63) is 0 Å². The summed E-state index contributed by atoms with van der Waals surface area (Å²) in [6.07, 6.45) is 5.74. The van der Waals surface area contributed by atoms with Crippen molar-refractivity contribution in [2.24, 2.45) is 0 Å². The number of hydrogen-bond acceptors (Lipinski definition) is 4. The van der Waals surface area contributed by atoms with E-state index in [0.29, 0.717) is 0 Å². The summed E-state index contributed by atoms with van der Waals surface area (Å²) < 4.78 is 0. The van der Waals surface area contributed by atoms with Crippen molar-refractivity contribution in [2.45, 2.75) is 39.2 Å². The molecule has 104 valence electrons. The van der Waals surface area contributed by atoms with Gasteiger partial charge >= 0.3 is 0 Å². The van der Waals surface area contributed by atoms with E-state index in [1.807, 2.05) is 11.8 Å². The lowest BCUT2D eigenvalue weighted by Gasteiger charge is -2.22. The van der Waals surface area contributed by atoms with Crippen molar-refractivity contribution in [3.8, 4) is 0 Å². The van der Waals surface area contributed by atoms with E-state index >= 15 is 0 Å². The average Bonchev–Trinajstić information content (AvgIpc) is 2.34. The Morgan fingerprint density at radius 2 is 1.88 bits per heavy atom. The van der Waals surface area contributed by atoms with E-state index < -0.39 is 0 Å². The van der Waals surface area contributed by atoms with E-state index in [-0.39, 0.29) is 6.10 Å². The third-order valence-corrected chi connectivity index (χ3v) is 3.64. The van der Waals surface area contributed by atoms with Gasteiger partial charge in [-0.2, -0.15) is 11.8 Å². The average molecular weight is 262 g/mol. The van der Waals surface area contributed by atoms with Gasteiger partial charge < -0.3 is 15.3 Å². The van der Waals surface area contributed by atoms with Crippen molar-refractivity contribution in [1.82, 2.24) is 10.2 Å². The largest absolute Gasteiger partial charge is 0.390 e. The monoisotopic (exact) mass is 262 g/mol. The minimum Gasteiger partial charge on any atom is -0.390 e. The summed E-state index contributed by atoms with van der Waals surface area (Å²) in [5.41, 5.74) is 0. The van der Waals surface area contributed by atoms with Crippen molar-refractivity contribution in [2.75, 3.05) is 44.7 Å². The van der Waals surface area contributed by atoms with Crippen LogP contribution in [0.15, 0.2) is 0 Å². The number of aliphatic hydroxyl groups is 1. The van der Waals surface area contributed by atoms with E-state index in [1.54, 1.807) is 0 Å². The normalized spacial score (nSPS) is 13.2. The maximum absolute atomic E-state index is 9.82. The van der Waals surface area contributed by atoms with Crippen LogP contribution in [0.25, 0.3) is 0 Å². The van der Waals surface area contributed by atoms with Crippen LogP contribution in [-0.4, -0.2) is 60.8 Å². The first kappa shape index (κ1) is 17.2. The number of unbranched alkanes of at least 4 members (excludes halogenated alkanes) is 2. The molecule has 17 heavy (non-hydrogen) atoms. The van der Waals surface area contributed by atoms with Gasteiger partial charge in [0.2, 0.25) is 0 Å². The Kier molecular flexibility index (Phi) is 12.9. The van der Waals surface area contributed by atoms with Gasteiger partial charge in [-0.15, -0.1) is 0 Å². The second-order valence-corrected chi connectivity index (χ2v) is 5.38. The Bertz CT molecular complexity index is 154. The van der Waals surface area contributed by atoms with Gasteiger partial charge in [0.05, 0.1) is 6.10 Å². The molecule has 4 heteroatoms. The number of nitrogens with zero attached hydrogens (tertiary/aromatic N) is 1. The Hall–Kier alpha value is 0.230. The summed E-state index contributed by atoms with van der Waals surface area (Å²) in [7, 11) is 0. The molecular formula is C13H30N2OS. The van der Waals surface area contributed by atoms with E-state index in [1.165, 1.54) is 25.0 Å². The number of aliphatic hydroxyl groups excluding tert-OH is 1. The van der Waals surface area contributed by atoms with Crippen LogP contribution >= 0.6 is 11.8 Å². The molecule has 0 amide bonds. The van der Waals surface area contributed by atoms with Gasteiger partial charge in [0.1, 0.15) is 0 Å². The maximum atomic E-state index is 9.82. The van der Waals surface area contributed by atoms with E-state index in [9.17, 15) is 5.11 Å². The molecule has 2 N–H and O–H groups in total. The summed E-state index contributed by atoms with van der Waals surface area (Å²) in [4.78, 5) is 2.25. The first-order valence-electron chi connectivity index (χ1n) is 6.84. The van der Waals surface area contributed by atoms with E-state index in [4.69, 9.17) is 0 Å². The van der Waals surface area contributed by atoms with Crippen molar-refractivity contribution in [1.29, 1.82) is 0 Å². The van der Waals surface area contributed by atoms with Crippen LogP contribution in [0.5, 0.6) is 0 Å². The molecule has 0 fully saturated rings. The zero-order valence-corrected chi connectivity index (χ0v) is 12.6. The number of nitrogens with one attached hydrogen (secondary N) is 1. The van der Waals surface area contributed by atoms with E-state index in [0.717, 1.165) is 32.7 Å². The van der Waals surface area contributed by atoms with Crippen molar-refractivity contribution < 1.29 is 5.11 Å². The van der Waals surface area contributed by atoms with Crippen LogP contribution in [0, 0.1) is 0 Å². The van der Waals surface area contributed by atoms with Crippen molar-refractivity contribution >= 4 is 11.8 Å². The molecule has 0 saturated heterocycles. The smallest absolute Gasteiger partial charge is 0.0791 e. The molecule has 0 aliphatic carbocycles. The van der Waals surface area contributed by atoms with Crippen LogP contribution in [0.1, 0.15) is 33.1 Å². The van der Waals surface area contributed by atoms with Gasteiger partial charge in [0.15, 0.2) is 0 Å². The highest BCUT2D eigenvalue weighted by atomic mass is 32.2. The standard InChI is InChI=1S/C13H30N2OS/c1-4-15(5-2)12-13(16)11-14-9-7-6-8-10-17-3/h13-14,16H,4-12H2,1-3H3. The molecule has 0 aromatic carbocycles. The first-order valence-corrected chi connectivity index (χ1v) is 8.24. The fraction of sp³-hybridized carbons (Fsp3) is 1.00. The highest BCUT2D eigenvalue weighted by Crippen LogP contribution is 2.01. The van der Waals surface area contributed by atoms with Crippen LogP contribution in [-0.2, 0) is 0 Å². The highest BCUT2D eigenvalue weighted by molar-refractivity contribution is 7.98. The van der Waals surface area contributed by atoms with Gasteiger partial charge in [0, 0.05) is 13.1 Å². The van der Waals surface area contributed by atoms with E-state index in [2.05, 4.69) is 30.3 Å². The fourth-order valence-corrected chi connectivity index (χ4v) is 2.28. The van der Waals surface area contributed by atoms with Crippen LogP contribution in [0.4, 0.5) is 0 Å². The molecule has 0 bridgehead atoms. The second kappa shape index (κ2) is 12.7. The molecule has 0 heterocycles. The Morgan fingerprint density at radius 1 is 1.18 bits per heavy atom. The molecule has 0 radical (unpaired) electrons. The number of hydrogen-bond donors (Lipinski definition) is 2. The summed E-state index contributed by atoms with van der Waals surface area (Å²) >= 11 is 1.92. The zero-order chi connectivity index (χ0) is 12.9. The predicted molar refractivity (Wildman–Crippen MR) is 78.9 cm³/mol. The third kappa shape index (κ3) is 11.1. The van der Waals surface area contributed by atoms with Gasteiger partial charge in [-0.05, 0) is 44.5 Å². The molecule has 0 saturated carbocycles. The number of likely N-dealkylation sites (N-methyl/N-ethyl adjacent to an activating group) is 1. The number of rotatable bonds is 12. The lowest BCUT2D eigenvalue weighted by Crippen LogP contribution is -2.38. The van der Waals surface area contributed by atoms with Gasteiger partial charge in [-0.25, -0.2) is 0 Å².